The van der Waals surface area contributed by atoms with Gasteiger partial charge in [0.25, 0.3) is 0 Å². The van der Waals surface area contributed by atoms with Gasteiger partial charge in [0.2, 0.25) is 0 Å². The van der Waals surface area contributed by atoms with Crippen molar-refractivity contribution in [2.24, 2.45) is 0 Å². The molecule has 2 aromatic rings. The molecule has 74 valence electrons. The van der Waals surface area contributed by atoms with Gasteiger partial charge in [0.15, 0.2) is 0 Å². The van der Waals surface area contributed by atoms with Crippen molar-refractivity contribution in [2.75, 3.05) is 0 Å². The highest BCUT2D eigenvalue weighted by atomic mass is 35.5. The first-order valence-electron chi connectivity index (χ1n) is 4.25. The topological polar surface area (TPSA) is 39.6 Å². The Labute approximate surface area is 97.1 Å². The van der Waals surface area contributed by atoms with Crippen molar-refractivity contribution in [3.8, 4) is 17.3 Å². The van der Waals surface area contributed by atoms with Crippen molar-refractivity contribution in [1.82, 2.24) is 4.98 Å². The second-order valence-corrected chi connectivity index (χ2v) is 3.85. The molecule has 0 radical (unpaired) electrons. The van der Waals surface area contributed by atoms with Crippen LogP contribution in [0.15, 0.2) is 30.5 Å². The summed E-state index contributed by atoms with van der Waals surface area (Å²) in [6.45, 7) is 0. The van der Waals surface area contributed by atoms with Crippen LogP contribution in [0, 0.1) is 11.3 Å². The quantitative estimate of drug-likeness (QED) is 0.803. The Morgan fingerprint density at radius 2 is 2.00 bits per heavy atom. The number of nitrogens with zero attached hydrogens (tertiary/aromatic N) is 1. The summed E-state index contributed by atoms with van der Waals surface area (Å²) in [6, 6.07) is 8.94. The third-order valence-corrected chi connectivity index (χ3v) is 2.63. The second kappa shape index (κ2) is 3.98. The molecule has 0 aliphatic carbocycles. The van der Waals surface area contributed by atoms with Crippen LogP contribution in [0.5, 0.6) is 0 Å². The lowest BCUT2D eigenvalue weighted by atomic mass is 10.1. The van der Waals surface area contributed by atoms with Gasteiger partial charge >= 0.3 is 0 Å². The van der Waals surface area contributed by atoms with E-state index >= 15 is 0 Å². The van der Waals surface area contributed by atoms with Gasteiger partial charge in [-0.05, 0) is 24.3 Å². The van der Waals surface area contributed by atoms with Crippen molar-refractivity contribution in [2.45, 2.75) is 0 Å². The molecule has 2 nitrogen and oxygen atoms in total. The maximum atomic E-state index is 8.88. The zero-order valence-corrected chi connectivity index (χ0v) is 9.10. The summed E-state index contributed by atoms with van der Waals surface area (Å²) in [7, 11) is 0. The molecule has 0 amide bonds. The number of halogens is 2. The van der Waals surface area contributed by atoms with E-state index in [9.17, 15) is 0 Å². The minimum Gasteiger partial charge on any atom is -0.360 e. The first-order chi connectivity index (χ1) is 7.22. The molecule has 4 heteroatoms. The number of nitriles is 1. The van der Waals surface area contributed by atoms with Crippen molar-refractivity contribution in [3.05, 3.63) is 46.1 Å². The van der Waals surface area contributed by atoms with Gasteiger partial charge < -0.3 is 4.98 Å². The monoisotopic (exact) mass is 236 g/mol. The van der Waals surface area contributed by atoms with Gasteiger partial charge in [-0.15, -0.1) is 0 Å². The van der Waals surface area contributed by atoms with E-state index in [1.807, 2.05) is 0 Å². The van der Waals surface area contributed by atoms with Crippen molar-refractivity contribution in [1.29, 1.82) is 5.26 Å². The highest BCUT2D eigenvalue weighted by Crippen LogP contribution is 2.31. The SMILES string of the molecule is N#Cc1cc[nH]c1-c1cc(Cl)ccc1Cl. The van der Waals surface area contributed by atoms with Crippen LogP contribution in [0.2, 0.25) is 10.0 Å². The zero-order chi connectivity index (χ0) is 10.8. The summed E-state index contributed by atoms with van der Waals surface area (Å²) >= 11 is 11.9. The van der Waals surface area contributed by atoms with Crippen LogP contribution in [0.25, 0.3) is 11.3 Å². The maximum Gasteiger partial charge on any atom is 0.101 e. The molecular weight excluding hydrogens is 231 g/mol. The van der Waals surface area contributed by atoms with Crippen LogP contribution in [-0.2, 0) is 0 Å². The number of hydrogen-bond acceptors (Lipinski definition) is 1. The highest BCUT2D eigenvalue weighted by molar-refractivity contribution is 6.35. The number of aromatic amines is 1. The molecule has 0 bridgehead atoms. The van der Waals surface area contributed by atoms with E-state index in [4.69, 9.17) is 28.5 Å². The van der Waals surface area contributed by atoms with Gasteiger partial charge in [0.05, 0.1) is 16.3 Å². The molecule has 0 spiro atoms. The van der Waals surface area contributed by atoms with E-state index in [1.165, 1.54) is 0 Å². The van der Waals surface area contributed by atoms with Gasteiger partial charge in [0, 0.05) is 16.8 Å². The van der Waals surface area contributed by atoms with Crippen LogP contribution in [0.3, 0.4) is 0 Å². The molecule has 0 saturated carbocycles. The van der Waals surface area contributed by atoms with Crippen molar-refractivity contribution < 1.29 is 0 Å². The molecule has 0 saturated heterocycles. The van der Waals surface area contributed by atoms with Gasteiger partial charge in [-0.25, -0.2) is 0 Å². The number of rotatable bonds is 1. The molecular formula is C11H6Cl2N2. The Hall–Kier alpha value is -1.43. The van der Waals surface area contributed by atoms with E-state index < -0.39 is 0 Å². The minimum atomic E-state index is 0.555. The summed E-state index contributed by atoms with van der Waals surface area (Å²) in [4.78, 5) is 2.98. The molecule has 1 N–H and O–H groups in total. The molecule has 0 unspecified atom stereocenters. The average molecular weight is 237 g/mol. The minimum absolute atomic E-state index is 0.555. The number of aromatic nitrogens is 1. The molecule has 0 aliphatic heterocycles. The average Bonchev–Trinajstić information content (AvgIpc) is 2.69. The first kappa shape index (κ1) is 10.1. The third-order valence-electron chi connectivity index (χ3n) is 2.07. The molecule has 1 heterocycles. The molecule has 0 atom stereocenters. The van der Waals surface area contributed by atoms with E-state index in [0.29, 0.717) is 21.3 Å². The number of hydrogen-bond donors (Lipinski definition) is 1. The fourth-order valence-corrected chi connectivity index (χ4v) is 1.76. The molecule has 1 aromatic heterocycles. The number of benzene rings is 1. The lowest BCUT2D eigenvalue weighted by Crippen LogP contribution is -1.83. The van der Waals surface area contributed by atoms with E-state index in [0.717, 1.165) is 5.56 Å². The van der Waals surface area contributed by atoms with Gasteiger partial charge in [-0.3, -0.25) is 0 Å². The predicted molar refractivity (Wildman–Crippen MR) is 61.0 cm³/mol. The summed E-state index contributed by atoms with van der Waals surface area (Å²) in [5.41, 5.74) is 2.00. The van der Waals surface area contributed by atoms with Gasteiger partial charge in [-0.2, -0.15) is 5.26 Å². The Kier molecular flexibility index (Phi) is 2.68. The highest BCUT2D eigenvalue weighted by Gasteiger charge is 2.09. The fraction of sp³-hybridized carbons (Fsp3) is 0. The van der Waals surface area contributed by atoms with E-state index in [1.54, 1.807) is 30.5 Å². The lowest BCUT2D eigenvalue weighted by Gasteiger charge is -2.03. The Morgan fingerprint density at radius 3 is 2.73 bits per heavy atom. The summed E-state index contributed by atoms with van der Waals surface area (Å²) in [6.07, 6.45) is 1.70. The van der Waals surface area contributed by atoms with Crippen molar-refractivity contribution in [3.63, 3.8) is 0 Å². The fourth-order valence-electron chi connectivity index (χ4n) is 1.37. The maximum absolute atomic E-state index is 8.88. The van der Waals surface area contributed by atoms with Crippen LogP contribution in [0.4, 0.5) is 0 Å². The van der Waals surface area contributed by atoms with E-state index in [-0.39, 0.29) is 0 Å². The summed E-state index contributed by atoms with van der Waals surface area (Å²) in [5, 5.41) is 10.0. The predicted octanol–water partition coefficient (Wildman–Crippen LogP) is 3.86. The second-order valence-electron chi connectivity index (χ2n) is 3.00. The zero-order valence-electron chi connectivity index (χ0n) is 7.59. The molecule has 2 rings (SSSR count). The van der Waals surface area contributed by atoms with Gasteiger partial charge in [0.1, 0.15) is 6.07 Å². The summed E-state index contributed by atoms with van der Waals surface area (Å²) < 4.78 is 0. The molecule has 0 aliphatic rings. The van der Waals surface area contributed by atoms with Crippen LogP contribution >= 0.6 is 23.2 Å². The van der Waals surface area contributed by atoms with Crippen LogP contribution in [0.1, 0.15) is 5.56 Å². The van der Waals surface area contributed by atoms with Gasteiger partial charge in [-0.1, -0.05) is 23.2 Å². The van der Waals surface area contributed by atoms with Crippen LogP contribution < -0.4 is 0 Å². The molecule has 0 fully saturated rings. The smallest absolute Gasteiger partial charge is 0.101 e. The molecule has 1 aromatic carbocycles. The first-order valence-corrected chi connectivity index (χ1v) is 5.01. The Morgan fingerprint density at radius 1 is 1.20 bits per heavy atom. The third kappa shape index (κ3) is 1.85. The summed E-state index contributed by atoms with van der Waals surface area (Å²) in [5.74, 6) is 0. The van der Waals surface area contributed by atoms with Crippen molar-refractivity contribution >= 4 is 23.2 Å². The largest absolute Gasteiger partial charge is 0.360 e. The Bertz CT molecular complexity index is 538. The Balaban J connectivity index is 2.64. The van der Waals surface area contributed by atoms with Crippen LogP contribution in [-0.4, -0.2) is 4.98 Å². The number of H-pyrrole nitrogens is 1. The molecule has 15 heavy (non-hydrogen) atoms. The normalized spacial score (nSPS) is 9.93. The number of nitrogens with one attached hydrogen (secondary N) is 1. The lowest BCUT2D eigenvalue weighted by molar-refractivity contribution is 1.39. The van der Waals surface area contributed by atoms with E-state index in [2.05, 4.69) is 11.1 Å². The standard InChI is InChI=1S/C11H6Cl2N2/c12-8-1-2-10(13)9(5-8)11-7(6-14)3-4-15-11/h1-5,15H.